The van der Waals surface area contributed by atoms with Gasteiger partial charge < -0.3 is 0 Å². The molecule has 9 heteroatoms. The predicted molar refractivity (Wildman–Crippen MR) is 91.2 cm³/mol. The first-order valence-electron chi connectivity index (χ1n) is 8.40. The van der Waals surface area contributed by atoms with Crippen molar-refractivity contribution in [3.05, 3.63) is 76.2 Å². The van der Waals surface area contributed by atoms with E-state index in [1.807, 2.05) is 18.2 Å². The lowest BCUT2D eigenvalue weighted by Gasteiger charge is -2.25. The molecule has 0 spiro atoms. The number of hydrogen-bond acceptors (Lipinski definition) is 4. The molecule has 0 amide bonds. The summed E-state index contributed by atoms with van der Waals surface area (Å²) >= 11 is 0. The van der Waals surface area contributed by atoms with Crippen LogP contribution < -0.4 is 5.69 Å². The maximum atomic E-state index is 12.7. The second kappa shape index (κ2) is 6.66. The van der Waals surface area contributed by atoms with E-state index in [1.54, 1.807) is 10.8 Å². The molecular formula is C18H16F3N5O. The zero-order valence-electron chi connectivity index (χ0n) is 14.2. The molecule has 4 rings (SSSR count). The predicted octanol–water partition coefficient (Wildman–Crippen LogP) is 2.46. The number of rotatable bonds is 3. The van der Waals surface area contributed by atoms with Crippen molar-refractivity contribution in [1.82, 2.24) is 24.2 Å². The van der Waals surface area contributed by atoms with Gasteiger partial charge in [0.05, 0.1) is 23.5 Å². The van der Waals surface area contributed by atoms with Crippen LogP contribution in [0.15, 0.2) is 53.5 Å². The van der Waals surface area contributed by atoms with E-state index < -0.39 is 11.7 Å². The minimum atomic E-state index is -4.41. The highest BCUT2D eigenvalue weighted by Crippen LogP contribution is 2.29. The van der Waals surface area contributed by atoms with Crippen LogP contribution in [0, 0.1) is 0 Å². The fourth-order valence-electron chi connectivity index (χ4n) is 3.11. The van der Waals surface area contributed by atoms with Gasteiger partial charge in [-0.15, -0.1) is 5.10 Å². The van der Waals surface area contributed by atoms with Crippen LogP contribution >= 0.6 is 0 Å². The van der Waals surface area contributed by atoms with Crippen LogP contribution in [0.3, 0.4) is 0 Å². The van der Waals surface area contributed by atoms with Crippen LogP contribution in [-0.4, -0.2) is 30.8 Å². The van der Waals surface area contributed by atoms with E-state index in [1.165, 1.54) is 12.1 Å². The van der Waals surface area contributed by atoms with Gasteiger partial charge in [0.1, 0.15) is 5.82 Å². The maximum Gasteiger partial charge on any atom is 0.416 e. The fourth-order valence-corrected chi connectivity index (χ4v) is 3.11. The third-order valence-corrected chi connectivity index (χ3v) is 4.49. The Bertz CT molecular complexity index is 993. The van der Waals surface area contributed by atoms with Gasteiger partial charge in [0.25, 0.3) is 0 Å². The van der Waals surface area contributed by atoms with Gasteiger partial charge in [-0.3, -0.25) is 14.5 Å². The van der Waals surface area contributed by atoms with Crippen LogP contribution in [-0.2, 0) is 25.8 Å². The highest BCUT2D eigenvalue weighted by atomic mass is 19.4. The van der Waals surface area contributed by atoms with Gasteiger partial charge in [-0.1, -0.05) is 6.07 Å². The molecule has 0 bridgehead atoms. The van der Waals surface area contributed by atoms with Crippen molar-refractivity contribution < 1.29 is 13.2 Å². The average Bonchev–Trinajstić information content (AvgIpc) is 2.98. The smallest absolute Gasteiger partial charge is 0.288 e. The molecule has 0 fully saturated rings. The molecule has 2 aromatic heterocycles. The summed E-state index contributed by atoms with van der Waals surface area (Å²) in [5.41, 5.74) is 0.133. The normalized spacial score (nSPS) is 14.9. The summed E-state index contributed by atoms with van der Waals surface area (Å²) in [5, 5.41) is 4.33. The molecule has 27 heavy (non-hydrogen) atoms. The summed E-state index contributed by atoms with van der Waals surface area (Å²) in [6, 6.07) is 10.1. The van der Waals surface area contributed by atoms with Crippen LogP contribution in [0.5, 0.6) is 0 Å². The summed E-state index contributed by atoms with van der Waals surface area (Å²) in [6.07, 6.45) is -2.68. The summed E-state index contributed by atoms with van der Waals surface area (Å²) in [7, 11) is 0. The Kier molecular flexibility index (Phi) is 4.31. The Balaban J connectivity index is 1.57. The summed E-state index contributed by atoms with van der Waals surface area (Å²) in [4.78, 5) is 19.0. The Morgan fingerprint density at radius 2 is 1.81 bits per heavy atom. The lowest BCUT2D eigenvalue weighted by atomic mass is 10.2. The number of benzene rings is 1. The number of halogens is 3. The van der Waals surface area contributed by atoms with E-state index in [-0.39, 0.29) is 5.69 Å². The third kappa shape index (κ3) is 3.50. The van der Waals surface area contributed by atoms with E-state index in [0.717, 1.165) is 22.5 Å². The van der Waals surface area contributed by atoms with Crippen LogP contribution in [0.2, 0.25) is 0 Å². The summed E-state index contributed by atoms with van der Waals surface area (Å²) in [5.74, 6) is 0.585. The van der Waals surface area contributed by atoms with Crippen molar-refractivity contribution in [2.75, 3.05) is 6.54 Å². The van der Waals surface area contributed by atoms with E-state index >= 15 is 0 Å². The SMILES string of the molecule is O=c1n(-c2ccc(C(F)(F)F)cc2)nc2n1CCN(Cc1ccccn1)C2. The fraction of sp³-hybridized carbons (Fsp3) is 0.278. The minimum Gasteiger partial charge on any atom is -0.288 e. The number of hydrogen-bond donors (Lipinski definition) is 0. The number of nitrogens with zero attached hydrogens (tertiary/aromatic N) is 5. The third-order valence-electron chi connectivity index (χ3n) is 4.49. The number of aromatic nitrogens is 4. The quantitative estimate of drug-likeness (QED) is 0.706. The number of fused-ring (bicyclic) bond motifs is 1. The van der Waals surface area contributed by atoms with Crippen molar-refractivity contribution in [2.24, 2.45) is 0 Å². The second-order valence-electron chi connectivity index (χ2n) is 6.34. The molecule has 3 aromatic rings. The molecule has 0 saturated heterocycles. The van der Waals surface area contributed by atoms with Crippen molar-refractivity contribution in [3.63, 3.8) is 0 Å². The first-order chi connectivity index (χ1) is 12.9. The molecule has 3 heterocycles. The lowest BCUT2D eigenvalue weighted by molar-refractivity contribution is -0.137. The Morgan fingerprint density at radius 3 is 2.48 bits per heavy atom. The Morgan fingerprint density at radius 1 is 1.04 bits per heavy atom. The average molecular weight is 375 g/mol. The van der Waals surface area contributed by atoms with Gasteiger partial charge in [-0.05, 0) is 36.4 Å². The summed E-state index contributed by atoms with van der Waals surface area (Å²) in [6.45, 7) is 2.26. The molecule has 0 aliphatic carbocycles. The highest BCUT2D eigenvalue weighted by Gasteiger charge is 2.30. The zero-order chi connectivity index (χ0) is 19.0. The van der Waals surface area contributed by atoms with Gasteiger partial charge in [0, 0.05) is 25.8 Å². The molecule has 1 aliphatic heterocycles. The molecule has 0 N–H and O–H groups in total. The monoisotopic (exact) mass is 375 g/mol. The topological polar surface area (TPSA) is 56.0 Å². The molecule has 1 aromatic carbocycles. The highest BCUT2D eigenvalue weighted by molar-refractivity contribution is 5.34. The first-order valence-corrected chi connectivity index (χ1v) is 8.40. The Labute approximate surface area is 152 Å². The second-order valence-corrected chi connectivity index (χ2v) is 6.34. The van der Waals surface area contributed by atoms with Crippen molar-refractivity contribution in [3.8, 4) is 5.69 Å². The van der Waals surface area contributed by atoms with Crippen LogP contribution in [0.25, 0.3) is 5.69 Å². The zero-order valence-corrected chi connectivity index (χ0v) is 14.2. The van der Waals surface area contributed by atoms with Gasteiger partial charge in [0.2, 0.25) is 0 Å². The number of pyridine rings is 1. The van der Waals surface area contributed by atoms with E-state index in [4.69, 9.17) is 0 Å². The van der Waals surface area contributed by atoms with E-state index in [2.05, 4.69) is 15.0 Å². The van der Waals surface area contributed by atoms with E-state index in [9.17, 15) is 18.0 Å². The standard InChI is InChI=1S/C18H16F3N5O/c19-18(20,21)13-4-6-15(7-5-13)26-17(27)25-10-9-24(12-16(25)23-26)11-14-3-1-2-8-22-14/h1-8H,9-12H2. The molecular weight excluding hydrogens is 359 g/mol. The molecule has 0 radical (unpaired) electrons. The maximum absolute atomic E-state index is 12.7. The summed E-state index contributed by atoms with van der Waals surface area (Å²) < 4.78 is 40.8. The molecule has 1 aliphatic rings. The lowest BCUT2D eigenvalue weighted by Crippen LogP contribution is -2.37. The van der Waals surface area contributed by atoms with Crippen LogP contribution in [0.1, 0.15) is 17.1 Å². The van der Waals surface area contributed by atoms with Gasteiger partial charge in [0.15, 0.2) is 0 Å². The van der Waals surface area contributed by atoms with E-state index in [0.29, 0.717) is 37.7 Å². The first kappa shape index (κ1) is 17.5. The minimum absolute atomic E-state index is 0.311. The molecule has 0 atom stereocenters. The molecule has 6 nitrogen and oxygen atoms in total. The Hall–Kier alpha value is -2.94. The van der Waals surface area contributed by atoms with Crippen molar-refractivity contribution >= 4 is 0 Å². The van der Waals surface area contributed by atoms with Gasteiger partial charge in [-0.25, -0.2) is 4.79 Å². The molecule has 0 unspecified atom stereocenters. The number of alkyl halides is 3. The largest absolute Gasteiger partial charge is 0.416 e. The van der Waals surface area contributed by atoms with Crippen molar-refractivity contribution in [1.29, 1.82) is 0 Å². The molecule has 140 valence electrons. The van der Waals surface area contributed by atoms with Crippen LogP contribution in [0.4, 0.5) is 13.2 Å². The van der Waals surface area contributed by atoms with Gasteiger partial charge in [-0.2, -0.15) is 17.9 Å². The van der Waals surface area contributed by atoms with Gasteiger partial charge >= 0.3 is 11.9 Å². The van der Waals surface area contributed by atoms with Crippen molar-refractivity contribution in [2.45, 2.75) is 25.8 Å². The molecule has 0 saturated carbocycles.